The average molecular weight is 848 g/mol. The molecule has 6 heteroatoms. The Morgan fingerprint density at radius 1 is 0.508 bits per heavy atom. The second kappa shape index (κ2) is 47.8. The van der Waals surface area contributed by atoms with Crippen molar-refractivity contribution in [1.29, 1.82) is 0 Å². The second-order valence-electron chi connectivity index (χ2n) is 16.5. The number of hydrogen-bond donors (Lipinski definition) is 3. The first kappa shape index (κ1) is 57.8. The number of esters is 1. The van der Waals surface area contributed by atoms with Gasteiger partial charge in [0.15, 0.2) is 0 Å². The van der Waals surface area contributed by atoms with E-state index in [2.05, 4.69) is 92.9 Å². The summed E-state index contributed by atoms with van der Waals surface area (Å²) in [6.45, 7) is 6.19. The number of allylic oxidation sites excluding steroid dienone is 16. The molecule has 3 N–H and O–H groups in total. The first-order valence-electron chi connectivity index (χ1n) is 25.0. The maximum atomic E-state index is 13.2. The quantitative estimate of drug-likeness (QED) is 0.0246. The zero-order chi connectivity index (χ0) is 44.5. The van der Waals surface area contributed by atoms with Gasteiger partial charge in [0.25, 0.3) is 0 Å². The molecule has 0 fully saturated rings. The standard InChI is InChI=1S/C55H93NO5/c1-4-7-10-13-16-19-22-25-27-30-32-35-38-41-44-47-53(58)52(50-57)56-54(59)49-51(46-43-40-37-34-31-29-26-23-20-17-14-11-8-5-2)61-55(60)48-45-42-39-36-33-28-24-21-18-15-12-9-6-3/h8-9,11-12,15,17-18,20-21,24,26,28-29,33-34,37,51-53,57-58H,4-7,10,13-14,16,19,22-23,25,27,30-32,35-36,38-50H2,1-3H3,(H,56,59)/b11-8+,12-9+,18-15+,20-17+,24-21-,29-26+,33-28-,37-34+. The zero-order valence-electron chi connectivity index (χ0n) is 39.5. The van der Waals surface area contributed by atoms with E-state index in [1.807, 2.05) is 30.4 Å². The summed E-state index contributed by atoms with van der Waals surface area (Å²) in [5, 5.41) is 23.7. The molecule has 3 unspecified atom stereocenters. The van der Waals surface area contributed by atoms with E-state index in [9.17, 15) is 19.8 Å². The minimum absolute atomic E-state index is 0.0184. The van der Waals surface area contributed by atoms with Gasteiger partial charge in [-0.1, -0.05) is 221 Å². The lowest BCUT2D eigenvalue weighted by Gasteiger charge is -2.24. The third kappa shape index (κ3) is 43.2. The zero-order valence-corrected chi connectivity index (χ0v) is 39.5. The Bertz CT molecular complexity index is 1220. The molecule has 0 aromatic heterocycles. The van der Waals surface area contributed by atoms with Crippen molar-refractivity contribution in [2.24, 2.45) is 0 Å². The van der Waals surface area contributed by atoms with E-state index in [0.717, 1.165) is 89.9 Å². The molecule has 0 rings (SSSR count). The molecular weight excluding hydrogens is 755 g/mol. The van der Waals surface area contributed by atoms with E-state index in [-0.39, 0.29) is 24.9 Å². The molecule has 61 heavy (non-hydrogen) atoms. The maximum absolute atomic E-state index is 13.2. The van der Waals surface area contributed by atoms with Crippen LogP contribution in [0.5, 0.6) is 0 Å². The predicted molar refractivity (Wildman–Crippen MR) is 264 cm³/mol. The van der Waals surface area contributed by atoms with E-state index in [1.165, 1.54) is 77.0 Å². The molecule has 0 saturated heterocycles. The summed E-state index contributed by atoms with van der Waals surface area (Å²) in [5.41, 5.74) is 0. The Labute approximate surface area is 376 Å². The van der Waals surface area contributed by atoms with Crippen LogP contribution < -0.4 is 5.32 Å². The number of ether oxygens (including phenoxy) is 1. The summed E-state index contributed by atoms with van der Waals surface area (Å²) in [6, 6.07) is -0.733. The lowest BCUT2D eigenvalue weighted by atomic mass is 10.0. The highest BCUT2D eigenvalue weighted by Gasteiger charge is 2.24. The molecule has 348 valence electrons. The van der Waals surface area contributed by atoms with Crippen molar-refractivity contribution in [3.63, 3.8) is 0 Å². The number of nitrogens with one attached hydrogen (secondary N) is 1. The summed E-state index contributed by atoms with van der Waals surface area (Å²) in [7, 11) is 0. The van der Waals surface area contributed by atoms with Gasteiger partial charge in [-0.25, -0.2) is 0 Å². The molecule has 0 radical (unpaired) electrons. The third-order valence-electron chi connectivity index (χ3n) is 10.8. The van der Waals surface area contributed by atoms with Gasteiger partial charge in [0.2, 0.25) is 5.91 Å². The number of carbonyl (C=O) groups excluding carboxylic acids is 2. The van der Waals surface area contributed by atoms with E-state index in [0.29, 0.717) is 19.3 Å². The van der Waals surface area contributed by atoms with Crippen LogP contribution in [0.2, 0.25) is 0 Å². The number of hydrogen-bond acceptors (Lipinski definition) is 5. The molecule has 0 bridgehead atoms. The van der Waals surface area contributed by atoms with Gasteiger partial charge in [0.1, 0.15) is 6.10 Å². The summed E-state index contributed by atoms with van der Waals surface area (Å²) in [5.74, 6) is -0.583. The van der Waals surface area contributed by atoms with Gasteiger partial charge in [0, 0.05) is 6.42 Å². The minimum Gasteiger partial charge on any atom is -0.462 e. The fourth-order valence-corrected chi connectivity index (χ4v) is 7.02. The topological polar surface area (TPSA) is 95.9 Å². The van der Waals surface area contributed by atoms with Crippen LogP contribution >= 0.6 is 0 Å². The fraction of sp³-hybridized carbons (Fsp3) is 0.673. The monoisotopic (exact) mass is 848 g/mol. The number of aliphatic hydroxyl groups excluding tert-OH is 2. The van der Waals surface area contributed by atoms with Gasteiger partial charge in [-0.05, 0) is 77.0 Å². The highest BCUT2D eigenvalue weighted by atomic mass is 16.5. The van der Waals surface area contributed by atoms with Crippen LogP contribution in [0, 0.1) is 0 Å². The summed E-state index contributed by atoms with van der Waals surface area (Å²) >= 11 is 0. The first-order valence-corrected chi connectivity index (χ1v) is 25.0. The van der Waals surface area contributed by atoms with Crippen molar-refractivity contribution < 1.29 is 24.5 Å². The van der Waals surface area contributed by atoms with Gasteiger partial charge in [0.05, 0.1) is 25.2 Å². The Kier molecular flexibility index (Phi) is 45.3. The number of aliphatic hydroxyl groups is 2. The average Bonchev–Trinajstić information content (AvgIpc) is 3.25. The smallest absolute Gasteiger partial charge is 0.306 e. The Morgan fingerprint density at radius 3 is 1.54 bits per heavy atom. The number of amides is 1. The van der Waals surface area contributed by atoms with Crippen LogP contribution in [0.25, 0.3) is 0 Å². The molecule has 0 spiro atoms. The van der Waals surface area contributed by atoms with Crippen LogP contribution in [0.3, 0.4) is 0 Å². The molecule has 6 nitrogen and oxygen atoms in total. The third-order valence-corrected chi connectivity index (χ3v) is 10.8. The van der Waals surface area contributed by atoms with Crippen LogP contribution in [0.15, 0.2) is 97.2 Å². The van der Waals surface area contributed by atoms with Gasteiger partial charge in [-0.15, -0.1) is 0 Å². The van der Waals surface area contributed by atoms with E-state index < -0.39 is 18.2 Å². The molecule has 0 saturated carbocycles. The molecule has 0 aliphatic carbocycles. The summed E-state index contributed by atoms with van der Waals surface area (Å²) in [4.78, 5) is 26.1. The fourth-order valence-electron chi connectivity index (χ4n) is 7.02. The van der Waals surface area contributed by atoms with E-state index >= 15 is 0 Å². The number of carbonyl (C=O) groups is 2. The lowest BCUT2D eigenvalue weighted by molar-refractivity contribution is -0.151. The number of rotatable bonds is 43. The molecular formula is C55H93NO5. The van der Waals surface area contributed by atoms with Crippen LogP contribution in [-0.4, -0.2) is 46.9 Å². The Morgan fingerprint density at radius 2 is 0.984 bits per heavy atom. The van der Waals surface area contributed by atoms with Gasteiger partial charge >= 0.3 is 5.97 Å². The van der Waals surface area contributed by atoms with E-state index in [4.69, 9.17) is 4.74 Å². The first-order chi connectivity index (χ1) is 30.0. The van der Waals surface area contributed by atoms with Gasteiger partial charge < -0.3 is 20.3 Å². The largest absolute Gasteiger partial charge is 0.462 e. The second-order valence-corrected chi connectivity index (χ2v) is 16.5. The molecule has 0 heterocycles. The maximum Gasteiger partial charge on any atom is 0.306 e. The minimum atomic E-state index is -0.814. The van der Waals surface area contributed by atoms with Gasteiger partial charge in [-0.3, -0.25) is 9.59 Å². The molecule has 0 aromatic rings. The molecule has 0 aliphatic heterocycles. The van der Waals surface area contributed by atoms with Crippen LogP contribution in [-0.2, 0) is 14.3 Å². The SMILES string of the molecule is CC/C=C/C=C/C=C\C=C/CCCCCC(=O)OC(CCC/C=C/C/C=C/C/C=C/C/C=C/CC)CC(=O)NC(CO)C(O)CCCCCCCCCCCCCCCCC. The van der Waals surface area contributed by atoms with Crippen LogP contribution in [0.1, 0.15) is 213 Å². The van der Waals surface area contributed by atoms with Crippen molar-refractivity contribution in [1.82, 2.24) is 5.32 Å². The molecule has 0 aromatic carbocycles. The Balaban J connectivity index is 4.72. The highest BCUT2D eigenvalue weighted by molar-refractivity contribution is 5.77. The highest BCUT2D eigenvalue weighted by Crippen LogP contribution is 2.17. The summed E-state index contributed by atoms with van der Waals surface area (Å²) in [6.07, 6.45) is 63.3. The molecule has 0 aliphatic rings. The van der Waals surface area contributed by atoms with Crippen molar-refractivity contribution in [2.45, 2.75) is 232 Å². The summed E-state index contributed by atoms with van der Waals surface area (Å²) < 4.78 is 5.87. The lowest BCUT2D eigenvalue weighted by Crippen LogP contribution is -2.46. The molecule has 3 atom stereocenters. The molecule has 1 amide bonds. The van der Waals surface area contributed by atoms with Crippen molar-refractivity contribution in [3.05, 3.63) is 97.2 Å². The Hall–Kier alpha value is -3.22. The normalized spacial score (nSPS) is 14.1. The van der Waals surface area contributed by atoms with Crippen molar-refractivity contribution in [3.8, 4) is 0 Å². The predicted octanol–water partition coefficient (Wildman–Crippen LogP) is 14.9. The van der Waals surface area contributed by atoms with Gasteiger partial charge in [-0.2, -0.15) is 0 Å². The van der Waals surface area contributed by atoms with Crippen molar-refractivity contribution >= 4 is 11.9 Å². The van der Waals surface area contributed by atoms with E-state index in [1.54, 1.807) is 0 Å². The number of unbranched alkanes of at least 4 members (excludes halogenated alkanes) is 18. The van der Waals surface area contributed by atoms with Crippen LogP contribution in [0.4, 0.5) is 0 Å². The van der Waals surface area contributed by atoms with Crippen molar-refractivity contribution in [2.75, 3.05) is 6.61 Å².